The number of piperidine rings is 1. The van der Waals surface area contributed by atoms with Crippen molar-refractivity contribution in [3.8, 4) is 0 Å². The second-order valence-electron chi connectivity index (χ2n) is 4.80. The van der Waals surface area contributed by atoms with E-state index in [-0.39, 0.29) is 0 Å². The fraction of sp³-hybridized carbons (Fsp3) is 0.769. The first-order chi connectivity index (χ1) is 8.33. The van der Waals surface area contributed by atoms with Gasteiger partial charge in [-0.25, -0.2) is 4.98 Å². The number of likely N-dealkylation sites (N-methyl/N-ethyl adjacent to an activating group) is 1. The molecule has 1 unspecified atom stereocenters. The van der Waals surface area contributed by atoms with Crippen LogP contribution in [0.4, 0.5) is 0 Å². The van der Waals surface area contributed by atoms with E-state index >= 15 is 0 Å². The van der Waals surface area contributed by atoms with Crippen molar-refractivity contribution in [1.29, 1.82) is 0 Å². The van der Waals surface area contributed by atoms with Gasteiger partial charge in [0.05, 0.1) is 5.69 Å². The Morgan fingerprint density at radius 3 is 3.24 bits per heavy atom. The Morgan fingerprint density at radius 1 is 1.59 bits per heavy atom. The average molecular weight is 237 g/mol. The van der Waals surface area contributed by atoms with E-state index in [1.807, 2.05) is 0 Å². The molecule has 2 N–H and O–H groups in total. The van der Waals surface area contributed by atoms with Crippen LogP contribution in [0.5, 0.6) is 0 Å². The molecule has 1 saturated heterocycles. The van der Waals surface area contributed by atoms with Crippen molar-refractivity contribution in [2.24, 2.45) is 5.73 Å². The molecule has 2 heterocycles. The first-order valence-electron chi connectivity index (χ1n) is 6.70. The SMILES string of the molecule is CCN1CCCC(c2nc(CCCN)co2)C1. The second kappa shape index (κ2) is 6.17. The second-order valence-corrected chi connectivity index (χ2v) is 4.80. The molecular formula is C13H23N3O. The Morgan fingerprint density at radius 2 is 2.47 bits per heavy atom. The minimum absolute atomic E-state index is 0.482. The fourth-order valence-corrected chi connectivity index (χ4v) is 2.45. The van der Waals surface area contributed by atoms with Crippen LogP contribution in [0.15, 0.2) is 10.7 Å². The van der Waals surface area contributed by atoms with Crippen LogP contribution < -0.4 is 5.73 Å². The lowest BCUT2D eigenvalue weighted by molar-refractivity contribution is 0.202. The zero-order valence-corrected chi connectivity index (χ0v) is 10.7. The van der Waals surface area contributed by atoms with Crippen LogP contribution in [-0.2, 0) is 6.42 Å². The summed E-state index contributed by atoms with van der Waals surface area (Å²) < 4.78 is 5.62. The number of rotatable bonds is 5. The summed E-state index contributed by atoms with van der Waals surface area (Å²) in [5.74, 6) is 1.41. The third-order valence-corrected chi connectivity index (χ3v) is 3.51. The maximum absolute atomic E-state index is 5.62. The van der Waals surface area contributed by atoms with Crippen molar-refractivity contribution in [1.82, 2.24) is 9.88 Å². The van der Waals surface area contributed by atoms with Gasteiger partial charge in [0.15, 0.2) is 5.89 Å². The molecule has 0 radical (unpaired) electrons. The minimum atomic E-state index is 0.482. The number of aromatic nitrogens is 1. The molecule has 1 aromatic rings. The molecule has 1 aliphatic rings. The van der Waals surface area contributed by atoms with Gasteiger partial charge in [-0.3, -0.25) is 0 Å². The van der Waals surface area contributed by atoms with Crippen LogP contribution in [-0.4, -0.2) is 36.1 Å². The van der Waals surface area contributed by atoms with E-state index in [2.05, 4.69) is 16.8 Å². The molecule has 1 atom stereocenters. The predicted molar refractivity (Wildman–Crippen MR) is 68.0 cm³/mol. The highest BCUT2D eigenvalue weighted by molar-refractivity contribution is 5.03. The fourth-order valence-electron chi connectivity index (χ4n) is 2.45. The molecule has 0 bridgehead atoms. The molecule has 1 fully saturated rings. The van der Waals surface area contributed by atoms with Gasteiger partial charge in [-0.1, -0.05) is 6.92 Å². The molecule has 1 aromatic heterocycles. The van der Waals surface area contributed by atoms with Crippen LogP contribution in [0.2, 0.25) is 0 Å². The highest BCUT2D eigenvalue weighted by Crippen LogP contribution is 2.26. The van der Waals surface area contributed by atoms with Gasteiger partial charge < -0.3 is 15.1 Å². The zero-order valence-electron chi connectivity index (χ0n) is 10.7. The summed E-state index contributed by atoms with van der Waals surface area (Å²) in [6, 6.07) is 0. The number of nitrogens with zero attached hydrogens (tertiary/aromatic N) is 2. The zero-order chi connectivity index (χ0) is 12.1. The Balaban J connectivity index is 1.94. The first kappa shape index (κ1) is 12.6. The monoisotopic (exact) mass is 237 g/mol. The first-order valence-corrected chi connectivity index (χ1v) is 6.70. The molecule has 0 aliphatic carbocycles. The summed E-state index contributed by atoms with van der Waals surface area (Å²) in [6.45, 7) is 6.36. The highest BCUT2D eigenvalue weighted by Gasteiger charge is 2.24. The Bertz CT molecular complexity index is 337. The van der Waals surface area contributed by atoms with Crippen molar-refractivity contribution in [3.05, 3.63) is 17.8 Å². The van der Waals surface area contributed by atoms with Crippen LogP contribution >= 0.6 is 0 Å². The van der Waals surface area contributed by atoms with Crippen LogP contribution in [0.1, 0.15) is 43.7 Å². The molecule has 17 heavy (non-hydrogen) atoms. The Kier molecular flexibility index (Phi) is 4.57. The molecule has 4 nitrogen and oxygen atoms in total. The summed E-state index contributed by atoms with van der Waals surface area (Å²) in [6.07, 6.45) is 6.17. The van der Waals surface area contributed by atoms with Crippen molar-refractivity contribution in [2.45, 2.75) is 38.5 Å². The summed E-state index contributed by atoms with van der Waals surface area (Å²) in [4.78, 5) is 7.06. The van der Waals surface area contributed by atoms with E-state index in [1.54, 1.807) is 6.26 Å². The largest absolute Gasteiger partial charge is 0.448 e. The molecule has 2 rings (SSSR count). The van der Waals surface area contributed by atoms with Crippen LogP contribution in [0, 0.1) is 0 Å². The third kappa shape index (κ3) is 3.30. The van der Waals surface area contributed by atoms with Crippen LogP contribution in [0.25, 0.3) is 0 Å². The molecule has 0 aromatic carbocycles. The number of aryl methyl sites for hydroxylation is 1. The maximum atomic E-state index is 5.62. The van der Waals surface area contributed by atoms with E-state index in [1.165, 1.54) is 19.4 Å². The van der Waals surface area contributed by atoms with Crippen molar-refractivity contribution in [2.75, 3.05) is 26.2 Å². The van der Waals surface area contributed by atoms with E-state index in [0.29, 0.717) is 5.92 Å². The van der Waals surface area contributed by atoms with E-state index in [9.17, 15) is 0 Å². The lowest BCUT2D eigenvalue weighted by Crippen LogP contribution is -2.34. The van der Waals surface area contributed by atoms with Crippen molar-refractivity contribution < 1.29 is 4.42 Å². The molecule has 4 heteroatoms. The lowest BCUT2D eigenvalue weighted by Gasteiger charge is -2.29. The molecule has 0 saturated carbocycles. The summed E-state index contributed by atoms with van der Waals surface area (Å²) in [7, 11) is 0. The van der Waals surface area contributed by atoms with Gasteiger partial charge in [0, 0.05) is 12.5 Å². The maximum Gasteiger partial charge on any atom is 0.198 e. The van der Waals surface area contributed by atoms with E-state index in [0.717, 1.165) is 44.1 Å². The normalized spacial score (nSPS) is 21.9. The van der Waals surface area contributed by atoms with Gasteiger partial charge >= 0.3 is 0 Å². The highest BCUT2D eigenvalue weighted by atomic mass is 16.3. The lowest BCUT2D eigenvalue weighted by atomic mass is 9.98. The van der Waals surface area contributed by atoms with Crippen molar-refractivity contribution >= 4 is 0 Å². The van der Waals surface area contributed by atoms with Gasteiger partial charge in [-0.2, -0.15) is 0 Å². The Hall–Kier alpha value is -0.870. The van der Waals surface area contributed by atoms with Gasteiger partial charge in [0.2, 0.25) is 0 Å². The smallest absolute Gasteiger partial charge is 0.198 e. The summed E-state index contributed by atoms with van der Waals surface area (Å²) in [5.41, 5.74) is 6.55. The van der Waals surface area contributed by atoms with Gasteiger partial charge in [0.25, 0.3) is 0 Å². The minimum Gasteiger partial charge on any atom is -0.448 e. The number of likely N-dealkylation sites (tertiary alicyclic amines) is 1. The number of nitrogens with two attached hydrogens (primary N) is 1. The molecule has 1 aliphatic heterocycles. The van der Waals surface area contributed by atoms with Gasteiger partial charge in [0.1, 0.15) is 6.26 Å². The Labute approximate surface area is 103 Å². The predicted octanol–water partition coefficient (Wildman–Crippen LogP) is 1.77. The quantitative estimate of drug-likeness (QED) is 0.848. The van der Waals surface area contributed by atoms with E-state index in [4.69, 9.17) is 10.2 Å². The summed E-state index contributed by atoms with van der Waals surface area (Å²) >= 11 is 0. The summed E-state index contributed by atoms with van der Waals surface area (Å²) in [5, 5.41) is 0. The average Bonchev–Trinajstić information content (AvgIpc) is 2.85. The number of oxazole rings is 1. The standard InChI is InChI=1S/C13H23N3O/c1-2-16-8-4-5-11(9-16)13-15-12(10-17-13)6-3-7-14/h10-11H,2-9,14H2,1H3. The number of hydrogen-bond acceptors (Lipinski definition) is 4. The molecule has 0 amide bonds. The van der Waals surface area contributed by atoms with E-state index < -0.39 is 0 Å². The van der Waals surface area contributed by atoms with Crippen LogP contribution in [0.3, 0.4) is 0 Å². The number of hydrogen-bond donors (Lipinski definition) is 1. The topological polar surface area (TPSA) is 55.3 Å². The third-order valence-electron chi connectivity index (χ3n) is 3.51. The van der Waals surface area contributed by atoms with Gasteiger partial charge in [-0.15, -0.1) is 0 Å². The van der Waals surface area contributed by atoms with Crippen molar-refractivity contribution in [3.63, 3.8) is 0 Å². The molecule has 0 spiro atoms. The van der Waals surface area contributed by atoms with Gasteiger partial charge in [-0.05, 0) is 45.3 Å². The molecule has 96 valence electrons. The molecular weight excluding hydrogens is 214 g/mol.